The van der Waals surface area contributed by atoms with E-state index in [0.717, 1.165) is 16.9 Å². The van der Waals surface area contributed by atoms with Gasteiger partial charge in [0, 0.05) is 18.0 Å². The van der Waals surface area contributed by atoms with Crippen molar-refractivity contribution < 1.29 is 14.4 Å². The van der Waals surface area contributed by atoms with Crippen molar-refractivity contribution >= 4 is 52.3 Å². The second-order valence-electron chi connectivity index (χ2n) is 5.94. The molecule has 25 heavy (non-hydrogen) atoms. The van der Waals surface area contributed by atoms with Gasteiger partial charge in [-0.3, -0.25) is 19.3 Å². The zero-order chi connectivity index (χ0) is 17.7. The van der Waals surface area contributed by atoms with E-state index in [0.29, 0.717) is 13.1 Å². The Morgan fingerprint density at radius 3 is 2.40 bits per heavy atom. The number of hydrogen-bond acceptors (Lipinski definition) is 4. The van der Waals surface area contributed by atoms with Gasteiger partial charge in [-0.2, -0.15) is 0 Å². The highest BCUT2D eigenvalue weighted by atomic mass is 35.5. The Kier molecular flexibility index (Phi) is 4.06. The predicted octanol–water partition coefficient (Wildman–Crippen LogP) is 3.24. The second-order valence-corrected chi connectivity index (χ2v) is 7.76. The zero-order valence-electron chi connectivity index (χ0n) is 12.9. The number of amides is 3. The van der Waals surface area contributed by atoms with Gasteiger partial charge in [-0.15, -0.1) is 11.3 Å². The molecule has 0 N–H and O–H groups in total. The maximum Gasteiger partial charge on any atom is 0.262 e. The summed E-state index contributed by atoms with van der Waals surface area (Å²) in [5.41, 5.74) is 1.50. The standard InChI is InChI=1S/C17H12Cl2N2O3S/c18-12-5-10-11(6-13(12)19)17(24)21(16(10)23)8-15(22)20-3-1-14-9(7-20)2-4-25-14/h2,4-6H,1,3,7-8H2. The van der Waals surface area contributed by atoms with Crippen molar-refractivity contribution in [3.8, 4) is 0 Å². The van der Waals surface area contributed by atoms with Crippen LogP contribution in [0.5, 0.6) is 0 Å². The van der Waals surface area contributed by atoms with Gasteiger partial charge in [-0.05, 0) is 35.6 Å². The van der Waals surface area contributed by atoms with Crippen molar-refractivity contribution in [3.63, 3.8) is 0 Å². The molecule has 0 bridgehead atoms. The fourth-order valence-electron chi connectivity index (χ4n) is 3.12. The van der Waals surface area contributed by atoms with E-state index in [1.807, 2.05) is 11.4 Å². The molecule has 0 saturated heterocycles. The molecule has 1 aromatic carbocycles. The molecule has 1 aromatic heterocycles. The van der Waals surface area contributed by atoms with Crippen molar-refractivity contribution in [1.82, 2.24) is 9.80 Å². The molecule has 128 valence electrons. The number of imide groups is 1. The number of benzene rings is 1. The van der Waals surface area contributed by atoms with E-state index >= 15 is 0 Å². The van der Waals surface area contributed by atoms with Crippen LogP contribution in [0.4, 0.5) is 0 Å². The average molecular weight is 395 g/mol. The molecule has 2 aliphatic heterocycles. The Balaban J connectivity index is 1.53. The first-order valence-electron chi connectivity index (χ1n) is 7.64. The predicted molar refractivity (Wildman–Crippen MR) is 95.3 cm³/mol. The second kappa shape index (κ2) is 6.12. The third-order valence-electron chi connectivity index (χ3n) is 4.47. The first-order valence-corrected chi connectivity index (χ1v) is 9.27. The van der Waals surface area contributed by atoms with E-state index in [9.17, 15) is 14.4 Å². The zero-order valence-corrected chi connectivity index (χ0v) is 15.2. The number of rotatable bonds is 2. The largest absolute Gasteiger partial charge is 0.336 e. The number of thiophene rings is 1. The van der Waals surface area contributed by atoms with Gasteiger partial charge in [0.25, 0.3) is 11.8 Å². The summed E-state index contributed by atoms with van der Waals surface area (Å²) in [4.78, 5) is 41.5. The lowest BCUT2D eigenvalue weighted by Gasteiger charge is -2.28. The molecular weight excluding hydrogens is 383 g/mol. The average Bonchev–Trinajstić information content (AvgIpc) is 3.15. The summed E-state index contributed by atoms with van der Waals surface area (Å²) >= 11 is 13.5. The van der Waals surface area contributed by atoms with E-state index in [2.05, 4.69) is 0 Å². The van der Waals surface area contributed by atoms with Gasteiger partial charge in [0.15, 0.2) is 0 Å². The molecule has 0 spiro atoms. The minimum atomic E-state index is -0.514. The van der Waals surface area contributed by atoms with Crippen molar-refractivity contribution in [1.29, 1.82) is 0 Å². The minimum absolute atomic E-state index is 0.186. The lowest BCUT2D eigenvalue weighted by molar-refractivity contribution is -0.132. The van der Waals surface area contributed by atoms with Gasteiger partial charge in [0.2, 0.25) is 5.91 Å². The highest BCUT2D eigenvalue weighted by molar-refractivity contribution is 7.10. The fourth-order valence-corrected chi connectivity index (χ4v) is 4.34. The third kappa shape index (κ3) is 2.74. The molecule has 0 saturated carbocycles. The molecule has 2 aromatic rings. The van der Waals surface area contributed by atoms with Crippen LogP contribution in [0.3, 0.4) is 0 Å². The summed E-state index contributed by atoms with van der Waals surface area (Å²) < 4.78 is 0. The van der Waals surface area contributed by atoms with Gasteiger partial charge >= 0.3 is 0 Å². The number of hydrogen-bond donors (Lipinski definition) is 0. The number of fused-ring (bicyclic) bond motifs is 2. The molecule has 2 aliphatic rings. The van der Waals surface area contributed by atoms with E-state index in [1.165, 1.54) is 17.0 Å². The molecule has 0 fully saturated rings. The Morgan fingerprint density at radius 1 is 1.12 bits per heavy atom. The quantitative estimate of drug-likeness (QED) is 0.734. The third-order valence-corrected chi connectivity index (χ3v) is 6.21. The van der Waals surface area contributed by atoms with Crippen molar-refractivity contribution in [2.24, 2.45) is 0 Å². The first kappa shape index (κ1) is 16.6. The molecule has 3 amide bonds. The van der Waals surface area contributed by atoms with Crippen LogP contribution in [0.25, 0.3) is 0 Å². The highest BCUT2D eigenvalue weighted by Gasteiger charge is 2.38. The SMILES string of the molecule is O=C(CN1C(=O)c2cc(Cl)c(Cl)cc2C1=O)N1CCc2sccc2C1. The van der Waals surface area contributed by atoms with Crippen molar-refractivity contribution in [2.45, 2.75) is 13.0 Å². The van der Waals surface area contributed by atoms with Crippen LogP contribution in [0, 0.1) is 0 Å². The van der Waals surface area contributed by atoms with Gasteiger partial charge in [-0.1, -0.05) is 23.2 Å². The van der Waals surface area contributed by atoms with Crippen LogP contribution in [0.15, 0.2) is 23.6 Å². The lowest BCUT2D eigenvalue weighted by Crippen LogP contribution is -2.44. The van der Waals surface area contributed by atoms with Gasteiger partial charge in [0.05, 0.1) is 21.2 Å². The van der Waals surface area contributed by atoms with Crippen LogP contribution in [-0.2, 0) is 17.8 Å². The fraction of sp³-hybridized carbons (Fsp3) is 0.235. The van der Waals surface area contributed by atoms with Gasteiger partial charge < -0.3 is 4.90 Å². The minimum Gasteiger partial charge on any atom is -0.336 e. The summed E-state index contributed by atoms with van der Waals surface area (Å²) in [6.45, 7) is 0.826. The Morgan fingerprint density at radius 2 is 1.76 bits per heavy atom. The summed E-state index contributed by atoms with van der Waals surface area (Å²) in [7, 11) is 0. The molecule has 8 heteroatoms. The highest BCUT2D eigenvalue weighted by Crippen LogP contribution is 2.31. The molecule has 0 radical (unpaired) electrons. The van der Waals surface area contributed by atoms with Crippen LogP contribution in [-0.4, -0.2) is 40.6 Å². The summed E-state index contributed by atoms with van der Waals surface area (Å²) in [5, 5.41) is 2.42. The van der Waals surface area contributed by atoms with E-state index < -0.39 is 11.8 Å². The summed E-state index contributed by atoms with van der Waals surface area (Å²) in [6, 6.07) is 4.76. The molecule has 0 atom stereocenters. The smallest absolute Gasteiger partial charge is 0.262 e. The summed E-state index contributed by atoms with van der Waals surface area (Å²) in [5.74, 6) is -1.27. The molecule has 0 aliphatic carbocycles. The van der Waals surface area contributed by atoms with E-state index in [1.54, 1.807) is 16.2 Å². The normalized spacial score (nSPS) is 16.2. The summed E-state index contributed by atoms with van der Waals surface area (Å²) in [6.07, 6.45) is 0.798. The lowest BCUT2D eigenvalue weighted by atomic mass is 10.1. The molecule has 3 heterocycles. The van der Waals surface area contributed by atoms with Crippen LogP contribution in [0.2, 0.25) is 10.0 Å². The maximum atomic E-state index is 12.6. The molecular formula is C17H12Cl2N2O3S. The first-order chi connectivity index (χ1) is 12.0. The van der Waals surface area contributed by atoms with Crippen molar-refractivity contribution in [3.05, 3.63) is 55.2 Å². The Hall–Kier alpha value is -1.89. The number of halogens is 2. The van der Waals surface area contributed by atoms with Gasteiger partial charge in [-0.25, -0.2) is 0 Å². The van der Waals surface area contributed by atoms with Gasteiger partial charge in [0.1, 0.15) is 6.54 Å². The molecule has 0 unspecified atom stereocenters. The Bertz CT molecular complexity index is 884. The number of carbonyl (C=O) groups is 3. The number of nitrogens with zero attached hydrogens (tertiary/aromatic N) is 2. The Labute approximate surface area is 157 Å². The maximum absolute atomic E-state index is 12.6. The molecule has 5 nitrogen and oxygen atoms in total. The van der Waals surface area contributed by atoms with Crippen LogP contribution >= 0.6 is 34.5 Å². The van der Waals surface area contributed by atoms with E-state index in [-0.39, 0.29) is 33.6 Å². The number of carbonyl (C=O) groups excluding carboxylic acids is 3. The van der Waals surface area contributed by atoms with Crippen molar-refractivity contribution in [2.75, 3.05) is 13.1 Å². The van der Waals surface area contributed by atoms with Crippen LogP contribution in [0.1, 0.15) is 31.2 Å². The topological polar surface area (TPSA) is 57.7 Å². The molecule has 4 rings (SSSR count). The monoisotopic (exact) mass is 394 g/mol. The van der Waals surface area contributed by atoms with E-state index in [4.69, 9.17) is 23.2 Å². The van der Waals surface area contributed by atoms with Crippen LogP contribution < -0.4 is 0 Å².